The Hall–Kier alpha value is -3.31. The summed E-state index contributed by atoms with van der Waals surface area (Å²) in [6.45, 7) is 3.31. The van der Waals surface area contributed by atoms with Gasteiger partial charge in [-0.25, -0.2) is 8.78 Å². The third-order valence-corrected chi connectivity index (χ3v) is 4.65. The van der Waals surface area contributed by atoms with Crippen molar-refractivity contribution in [2.24, 2.45) is 14.1 Å². The summed E-state index contributed by atoms with van der Waals surface area (Å²) in [5, 5.41) is 10.6. The van der Waals surface area contributed by atoms with E-state index >= 15 is 0 Å². The summed E-state index contributed by atoms with van der Waals surface area (Å²) in [6, 6.07) is 4.83. The molecule has 3 aromatic rings. The molecule has 0 atom stereocenters. The maximum atomic E-state index is 13.0. The van der Waals surface area contributed by atoms with Gasteiger partial charge in [0.25, 0.3) is 12.3 Å². The highest BCUT2D eigenvalue weighted by Gasteiger charge is 2.33. The van der Waals surface area contributed by atoms with Gasteiger partial charge in [0.05, 0.1) is 16.9 Å². The van der Waals surface area contributed by atoms with Crippen LogP contribution in [0.4, 0.5) is 22.0 Å². The first kappa shape index (κ1) is 22.4. The molecule has 3 rings (SSSR count). The Morgan fingerprint density at radius 3 is 2.32 bits per heavy atom. The standard InChI is InChI=1S/C19H19F5N6O/c1-18(2,26-17(31)13-8-12(16(20)21)28-29(13)3)15-9-11(27-30(15)4)10-5-6-25-14(7-10)19(22,23)24/h5-9,16H,1-4H3,(H,26,31). The Bertz CT molecular complexity index is 1120. The van der Waals surface area contributed by atoms with Crippen molar-refractivity contribution in [2.75, 3.05) is 0 Å². The van der Waals surface area contributed by atoms with Crippen LogP contribution >= 0.6 is 0 Å². The normalized spacial score (nSPS) is 12.5. The number of halogens is 5. The van der Waals surface area contributed by atoms with Crippen molar-refractivity contribution < 1.29 is 26.7 Å². The van der Waals surface area contributed by atoms with Crippen LogP contribution in [-0.4, -0.2) is 30.5 Å². The molecular weight excluding hydrogens is 423 g/mol. The Labute approximate surface area is 173 Å². The van der Waals surface area contributed by atoms with E-state index in [0.29, 0.717) is 5.69 Å². The Morgan fingerprint density at radius 1 is 1.06 bits per heavy atom. The van der Waals surface area contributed by atoms with Crippen molar-refractivity contribution in [3.63, 3.8) is 0 Å². The van der Waals surface area contributed by atoms with E-state index in [1.165, 1.54) is 17.8 Å². The monoisotopic (exact) mass is 442 g/mol. The zero-order valence-electron chi connectivity index (χ0n) is 17.0. The predicted molar refractivity (Wildman–Crippen MR) is 100 cm³/mol. The van der Waals surface area contributed by atoms with Crippen molar-refractivity contribution in [3.05, 3.63) is 53.2 Å². The largest absolute Gasteiger partial charge is 0.433 e. The summed E-state index contributed by atoms with van der Waals surface area (Å²) in [5.74, 6) is -0.641. The number of carbonyl (C=O) groups is 1. The van der Waals surface area contributed by atoms with Gasteiger partial charge in [0.2, 0.25) is 0 Å². The second-order valence-corrected chi connectivity index (χ2v) is 7.42. The van der Waals surface area contributed by atoms with Crippen molar-refractivity contribution in [3.8, 4) is 11.3 Å². The fourth-order valence-corrected chi connectivity index (χ4v) is 3.16. The molecule has 0 aromatic carbocycles. The van der Waals surface area contributed by atoms with Crippen LogP contribution in [0.3, 0.4) is 0 Å². The van der Waals surface area contributed by atoms with E-state index in [9.17, 15) is 26.7 Å². The number of aromatic nitrogens is 5. The fourth-order valence-electron chi connectivity index (χ4n) is 3.16. The van der Waals surface area contributed by atoms with E-state index in [2.05, 4.69) is 20.5 Å². The number of alkyl halides is 5. The van der Waals surface area contributed by atoms with Crippen LogP contribution < -0.4 is 5.32 Å². The molecule has 0 radical (unpaired) electrons. The topological polar surface area (TPSA) is 77.6 Å². The molecule has 0 saturated carbocycles. The van der Waals surface area contributed by atoms with Gasteiger partial charge in [-0.1, -0.05) is 0 Å². The highest BCUT2D eigenvalue weighted by molar-refractivity contribution is 5.93. The molecule has 0 spiro atoms. The van der Waals surface area contributed by atoms with Gasteiger partial charge in [0.15, 0.2) is 0 Å². The Morgan fingerprint density at radius 2 is 1.74 bits per heavy atom. The molecule has 31 heavy (non-hydrogen) atoms. The highest BCUT2D eigenvalue weighted by Crippen LogP contribution is 2.31. The van der Waals surface area contributed by atoms with E-state index in [0.717, 1.165) is 23.0 Å². The Balaban J connectivity index is 1.89. The number of rotatable bonds is 5. The average molecular weight is 442 g/mol. The van der Waals surface area contributed by atoms with Gasteiger partial charge in [-0.2, -0.15) is 23.4 Å². The van der Waals surface area contributed by atoms with Gasteiger partial charge in [-0.15, -0.1) is 0 Å². The first-order chi connectivity index (χ1) is 14.3. The molecule has 0 saturated heterocycles. The summed E-state index contributed by atoms with van der Waals surface area (Å²) in [4.78, 5) is 16.0. The van der Waals surface area contributed by atoms with Gasteiger partial charge < -0.3 is 5.32 Å². The molecule has 7 nitrogen and oxygen atoms in total. The predicted octanol–water partition coefficient (Wildman–Crippen LogP) is 3.84. The van der Waals surface area contributed by atoms with Crippen molar-refractivity contribution in [1.82, 2.24) is 29.9 Å². The number of amides is 1. The first-order valence-corrected chi connectivity index (χ1v) is 9.02. The zero-order chi connectivity index (χ0) is 23.1. The van der Waals surface area contributed by atoms with E-state index in [4.69, 9.17) is 0 Å². The smallest absolute Gasteiger partial charge is 0.340 e. The minimum atomic E-state index is -4.60. The molecule has 0 aliphatic heterocycles. The van der Waals surface area contributed by atoms with Crippen LogP contribution in [0.5, 0.6) is 0 Å². The summed E-state index contributed by atoms with van der Waals surface area (Å²) in [6.07, 6.45) is -6.37. The Kier molecular flexibility index (Phi) is 5.59. The summed E-state index contributed by atoms with van der Waals surface area (Å²) >= 11 is 0. The summed E-state index contributed by atoms with van der Waals surface area (Å²) in [7, 11) is 2.95. The first-order valence-electron chi connectivity index (χ1n) is 9.02. The lowest BCUT2D eigenvalue weighted by atomic mass is 9.99. The molecule has 0 aliphatic rings. The maximum absolute atomic E-state index is 13.0. The number of carbonyl (C=O) groups excluding carboxylic acids is 1. The van der Waals surface area contributed by atoms with E-state index in [1.54, 1.807) is 27.0 Å². The lowest BCUT2D eigenvalue weighted by Crippen LogP contribution is -2.43. The molecule has 12 heteroatoms. The van der Waals surface area contributed by atoms with Crippen LogP contribution in [0, 0.1) is 0 Å². The molecule has 0 aliphatic carbocycles. The van der Waals surface area contributed by atoms with Gasteiger partial charge in [0, 0.05) is 25.9 Å². The number of hydrogen-bond acceptors (Lipinski definition) is 4. The third-order valence-electron chi connectivity index (χ3n) is 4.65. The van der Waals surface area contributed by atoms with Crippen LogP contribution in [0.15, 0.2) is 30.5 Å². The third kappa shape index (κ3) is 4.57. The molecule has 166 valence electrons. The summed E-state index contributed by atoms with van der Waals surface area (Å²) in [5.41, 5.74) is -1.71. The number of pyridine rings is 1. The number of nitrogens with one attached hydrogen (secondary N) is 1. The van der Waals surface area contributed by atoms with Gasteiger partial charge in [-0.3, -0.25) is 19.1 Å². The molecule has 3 heterocycles. The lowest BCUT2D eigenvalue weighted by molar-refractivity contribution is -0.141. The minimum Gasteiger partial charge on any atom is -0.340 e. The summed E-state index contributed by atoms with van der Waals surface area (Å²) < 4.78 is 67.1. The fraction of sp³-hybridized carbons (Fsp3) is 0.368. The zero-order valence-corrected chi connectivity index (χ0v) is 17.0. The van der Waals surface area contributed by atoms with Gasteiger partial charge in [0.1, 0.15) is 17.1 Å². The molecular formula is C19H19F5N6O. The molecule has 1 amide bonds. The van der Waals surface area contributed by atoms with E-state index in [1.807, 2.05) is 0 Å². The maximum Gasteiger partial charge on any atom is 0.433 e. The van der Waals surface area contributed by atoms with Crippen molar-refractivity contribution in [2.45, 2.75) is 32.0 Å². The van der Waals surface area contributed by atoms with Crippen LogP contribution in [0.1, 0.15) is 47.8 Å². The van der Waals surface area contributed by atoms with E-state index in [-0.39, 0.29) is 17.0 Å². The van der Waals surface area contributed by atoms with Crippen LogP contribution in [-0.2, 0) is 25.8 Å². The van der Waals surface area contributed by atoms with Gasteiger partial charge in [-0.05, 0) is 38.1 Å². The second-order valence-electron chi connectivity index (χ2n) is 7.42. The minimum absolute atomic E-state index is 0.0604. The quantitative estimate of drug-likeness (QED) is 0.610. The highest BCUT2D eigenvalue weighted by atomic mass is 19.4. The molecule has 1 N–H and O–H groups in total. The van der Waals surface area contributed by atoms with Crippen molar-refractivity contribution >= 4 is 5.91 Å². The average Bonchev–Trinajstić information content (AvgIpc) is 3.24. The van der Waals surface area contributed by atoms with Crippen LogP contribution in [0.25, 0.3) is 11.3 Å². The molecule has 0 fully saturated rings. The second kappa shape index (κ2) is 7.75. The number of nitrogens with zero attached hydrogens (tertiary/aromatic N) is 5. The van der Waals surface area contributed by atoms with Crippen molar-refractivity contribution in [1.29, 1.82) is 0 Å². The molecule has 0 bridgehead atoms. The molecule has 3 aromatic heterocycles. The molecule has 0 unspecified atom stereocenters. The number of aryl methyl sites for hydroxylation is 2. The number of hydrogen-bond donors (Lipinski definition) is 1. The van der Waals surface area contributed by atoms with Crippen LogP contribution in [0.2, 0.25) is 0 Å². The lowest BCUT2D eigenvalue weighted by Gasteiger charge is -2.26. The van der Waals surface area contributed by atoms with E-state index < -0.39 is 35.4 Å². The van der Waals surface area contributed by atoms with Gasteiger partial charge >= 0.3 is 6.18 Å². The SMILES string of the molecule is Cn1nc(C(F)F)cc1C(=O)NC(C)(C)c1cc(-c2ccnc(C(F)(F)F)c2)nn1C.